The van der Waals surface area contributed by atoms with Gasteiger partial charge in [0.1, 0.15) is 0 Å². The van der Waals surface area contributed by atoms with E-state index in [0.29, 0.717) is 38.3 Å². The standard InChI is InChI=1S/C19H32N2O4/c1-19(2)9-5-4-6-15(19)12-16(22)20(3)13-17(23)21-10-7-14(8-11-21)18(24)25/h14-15H,4-13H2,1-3H3,(H,24,25). The highest BCUT2D eigenvalue weighted by atomic mass is 16.4. The zero-order valence-electron chi connectivity index (χ0n) is 15.8. The van der Waals surface area contributed by atoms with Gasteiger partial charge < -0.3 is 14.9 Å². The number of aliphatic carboxylic acids is 1. The number of hydrogen-bond donors (Lipinski definition) is 1. The zero-order valence-corrected chi connectivity index (χ0v) is 15.8. The van der Waals surface area contributed by atoms with Crippen LogP contribution in [0.4, 0.5) is 0 Å². The van der Waals surface area contributed by atoms with E-state index in [1.165, 1.54) is 17.7 Å². The number of carboxylic acids is 1. The third-order valence-corrected chi connectivity index (χ3v) is 6.14. The molecule has 1 saturated carbocycles. The maximum absolute atomic E-state index is 12.5. The fourth-order valence-electron chi connectivity index (χ4n) is 4.08. The third kappa shape index (κ3) is 5.19. The summed E-state index contributed by atoms with van der Waals surface area (Å²) < 4.78 is 0. The number of piperidine rings is 1. The van der Waals surface area contributed by atoms with Crippen molar-refractivity contribution in [1.29, 1.82) is 0 Å². The van der Waals surface area contributed by atoms with Crippen LogP contribution in [-0.2, 0) is 14.4 Å². The molecule has 0 aromatic heterocycles. The number of rotatable bonds is 5. The van der Waals surface area contributed by atoms with Crippen molar-refractivity contribution >= 4 is 17.8 Å². The maximum Gasteiger partial charge on any atom is 0.306 e. The molecule has 1 unspecified atom stereocenters. The van der Waals surface area contributed by atoms with Crippen molar-refractivity contribution in [2.45, 2.75) is 58.8 Å². The first kappa shape index (κ1) is 19.7. The van der Waals surface area contributed by atoms with Gasteiger partial charge in [0.15, 0.2) is 0 Å². The van der Waals surface area contributed by atoms with Crippen LogP contribution in [0.1, 0.15) is 58.8 Å². The molecule has 1 N–H and O–H groups in total. The number of carboxylic acid groups (broad SMARTS) is 1. The summed E-state index contributed by atoms with van der Waals surface area (Å²) in [6.45, 7) is 5.49. The fourth-order valence-corrected chi connectivity index (χ4v) is 4.08. The summed E-state index contributed by atoms with van der Waals surface area (Å²) in [7, 11) is 1.69. The van der Waals surface area contributed by atoms with E-state index in [2.05, 4.69) is 13.8 Å². The smallest absolute Gasteiger partial charge is 0.306 e. The van der Waals surface area contributed by atoms with Gasteiger partial charge in [-0.3, -0.25) is 14.4 Å². The normalized spacial score (nSPS) is 24.0. The molecule has 1 heterocycles. The molecule has 142 valence electrons. The molecule has 1 aliphatic carbocycles. The zero-order chi connectivity index (χ0) is 18.6. The van der Waals surface area contributed by atoms with Crippen LogP contribution in [-0.4, -0.2) is 59.4 Å². The van der Waals surface area contributed by atoms with Crippen LogP contribution in [0.5, 0.6) is 0 Å². The Balaban J connectivity index is 1.80. The van der Waals surface area contributed by atoms with Gasteiger partial charge in [-0.25, -0.2) is 0 Å². The summed E-state index contributed by atoms with van der Waals surface area (Å²) >= 11 is 0. The Kier molecular flexibility index (Phi) is 6.47. The lowest BCUT2D eigenvalue weighted by Gasteiger charge is -2.39. The molecule has 2 amide bonds. The lowest BCUT2D eigenvalue weighted by molar-refractivity contribution is -0.146. The molecule has 0 spiro atoms. The van der Waals surface area contributed by atoms with Crippen molar-refractivity contribution in [2.24, 2.45) is 17.3 Å². The Bertz CT molecular complexity index is 510. The number of nitrogens with zero attached hydrogens (tertiary/aromatic N) is 2. The van der Waals surface area contributed by atoms with Gasteiger partial charge >= 0.3 is 5.97 Å². The first-order valence-electron chi connectivity index (χ1n) is 9.45. The molecule has 1 atom stereocenters. The highest BCUT2D eigenvalue weighted by molar-refractivity contribution is 5.85. The van der Waals surface area contributed by atoms with Crippen LogP contribution in [0.2, 0.25) is 0 Å². The van der Waals surface area contributed by atoms with Crippen molar-refractivity contribution in [3.05, 3.63) is 0 Å². The van der Waals surface area contributed by atoms with Crippen molar-refractivity contribution in [3.63, 3.8) is 0 Å². The average Bonchev–Trinajstić information content (AvgIpc) is 2.56. The Morgan fingerprint density at radius 1 is 1.12 bits per heavy atom. The number of likely N-dealkylation sites (tertiary alicyclic amines) is 1. The van der Waals surface area contributed by atoms with Crippen molar-refractivity contribution < 1.29 is 19.5 Å². The Morgan fingerprint density at radius 3 is 2.32 bits per heavy atom. The van der Waals surface area contributed by atoms with Crippen molar-refractivity contribution in [3.8, 4) is 0 Å². The Labute approximate surface area is 150 Å². The van der Waals surface area contributed by atoms with Gasteiger partial charge in [0.05, 0.1) is 12.5 Å². The van der Waals surface area contributed by atoms with Gasteiger partial charge in [-0.15, -0.1) is 0 Å². The maximum atomic E-state index is 12.5. The quantitative estimate of drug-likeness (QED) is 0.824. The summed E-state index contributed by atoms with van der Waals surface area (Å²) in [5.74, 6) is -0.791. The summed E-state index contributed by atoms with van der Waals surface area (Å²) in [5.41, 5.74) is 0.192. The number of likely N-dealkylation sites (N-methyl/N-ethyl adjacent to an activating group) is 1. The number of hydrogen-bond acceptors (Lipinski definition) is 3. The van der Waals surface area contributed by atoms with E-state index in [-0.39, 0.29) is 29.7 Å². The summed E-state index contributed by atoms with van der Waals surface area (Å²) in [4.78, 5) is 39.1. The highest BCUT2D eigenvalue weighted by Crippen LogP contribution is 2.42. The summed E-state index contributed by atoms with van der Waals surface area (Å²) in [6, 6.07) is 0. The van der Waals surface area contributed by atoms with Crippen molar-refractivity contribution in [1.82, 2.24) is 9.80 Å². The van der Waals surface area contributed by atoms with Crippen LogP contribution in [0, 0.1) is 17.3 Å². The topological polar surface area (TPSA) is 77.9 Å². The van der Waals surface area contributed by atoms with Crippen LogP contribution in [0.15, 0.2) is 0 Å². The molecule has 2 aliphatic rings. The molecule has 0 radical (unpaired) electrons. The van der Waals surface area contributed by atoms with Gasteiger partial charge in [0, 0.05) is 26.6 Å². The molecule has 1 saturated heterocycles. The Hall–Kier alpha value is -1.59. The minimum atomic E-state index is -0.783. The molecular weight excluding hydrogens is 320 g/mol. The van der Waals surface area contributed by atoms with Gasteiger partial charge in [-0.2, -0.15) is 0 Å². The molecule has 6 heteroatoms. The van der Waals surface area contributed by atoms with Crippen LogP contribution < -0.4 is 0 Å². The van der Waals surface area contributed by atoms with E-state index < -0.39 is 5.97 Å². The second-order valence-electron chi connectivity index (χ2n) is 8.38. The third-order valence-electron chi connectivity index (χ3n) is 6.14. The van der Waals surface area contributed by atoms with E-state index in [9.17, 15) is 14.4 Å². The second kappa shape index (κ2) is 8.19. The minimum absolute atomic E-state index is 0.0359. The molecule has 0 aromatic rings. The predicted molar refractivity (Wildman–Crippen MR) is 94.9 cm³/mol. The van der Waals surface area contributed by atoms with E-state index in [1.807, 2.05) is 0 Å². The first-order valence-corrected chi connectivity index (χ1v) is 9.45. The highest BCUT2D eigenvalue weighted by Gasteiger charge is 2.34. The Morgan fingerprint density at radius 2 is 1.76 bits per heavy atom. The van der Waals surface area contributed by atoms with E-state index in [4.69, 9.17) is 5.11 Å². The van der Waals surface area contributed by atoms with Gasteiger partial charge in [0.2, 0.25) is 11.8 Å². The first-order chi connectivity index (χ1) is 11.7. The average molecular weight is 352 g/mol. The largest absolute Gasteiger partial charge is 0.481 e. The van der Waals surface area contributed by atoms with Crippen LogP contribution in [0.3, 0.4) is 0 Å². The summed E-state index contributed by atoms with van der Waals surface area (Å²) in [5, 5.41) is 9.02. The van der Waals surface area contributed by atoms with Crippen molar-refractivity contribution in [2.75, 3.05) is 26.7 Å². The lowest BCUT2D eigenvalue weighted by Crippen LogP contribution is -2.46. The molecular formula is C19H32N2O4. The molecule has 1 aliphatic heterocycles. The fraction of sp³-hybridized carbons (Fsp3) is 0.842. The molecule has 25 heavy (non-hydrogen) atoms. The molecule has 2 fully saturated rings. The minimum Gasteiger partial charge on any atom is -0.481 e. The number of amides is 2. The molecule has 0 bridgehead atoms. The number of carbonyl (C=O) groups excluding carboxylic acids is 2. The molecule has 2 rings (SSSR count). The molecule has 0 aromatic carbocycles. The van der Waals surface area contributed by atoms with E-state index in [1.54, 1.807) is 11.9 Å². The SMILES string of the molecule is CN(CC(=O)N1CCC(C(=O)O)CC1)C(=O)CC1CCCCC1(C)C. The lowest BCUT2D eigenvalue weighted by atomic mass is 9.67. The van der Waals surface area contributed by atoms with Crippen LogP contribution in [0.25, 0.3) is 0 Å². The van der Waals surface area contributed by atoms with Crippen LogP contribution >= 0.6 is 0 Å². The predicted octanol–water partition coefficient (Wildman–Crippen LogP) is 2.37. The second-order valence-corrected chi connectivity index (χ2v) is 8.38. The van der Waals surface area contributed by atoms with Gasteiger partial charge in [-0.1, -0.05) is 26.7 Å². The summed E-state index contributed by atoms with van der Waals surface area (Å²) in [6.07, 6.45) is 6.16. The van der Waals surface area contributed by atoms with Gasteiger partial charge in [0.25, 0.3) is 0 Å². The van der Waals surface area contributed by atoms with Gasteiger partial charge in [-0.05, 0) is 37.0 Å². The number of carbonyl (C=O) groups is 3. The molecule has 6 nitrogen and oxygen atoms in total. The van der Waals surface area contributed by atoms with E-state index >= 15 is 0 Å². The monoisotopic (exact) mass is 352 g/mol. The van der Waals surface area contributed by atoms with E-state index in [0.717, 1.165) is 12.8 Å².